The minimum Gasteiger partial charge on any atom is -0.455 e. The number of thiophene rings is 1. The lowest BCUT2D eigenvalue weighted by Gasteiger charge is -2.13. The normalized spacial score (nSPS) is 10.9. The molecule has 2 heterocycles. The Morgan fingerprint density at radius 3 is 2.73 bits per heavy atom. The third-order valence-corrected chi connectivity index (χ3v) is 5.96. The Morgan fingerprint density at radius 2 is 1.93 bits per heavy atom. The summed E-state index contributed by atoms with van der Waals surface area (Å²) in [6, 6.07) is 14.9. The summed E-state index contributed by atoms with van der Waals surface area (Å²) in [6.45, 7) is 5.72. The zero-order chi connectivity index (χ0) is 21.3. The molecule has 2 aromatic carbocycles. The van der Waals surface area contributed by atoms with Crippen LogP contribution in [0.1, 0.15) is 16.0 Å². The van der Waals surface area contributed by atoms with Crippen LogP contribution in [0.25, 0.3) is 10.2 Å². The predicted molar refractivity (Wildman–Crippen MR) is 120 cm³/mol. The summed E-state index contributed by atoms with van der Waals surface area (Å²) in [6.07, 6.45) is 1.43. The summed E-state index contributed by atoms with van der Waals surface area (Å²) in [5, 5.41) is 3.42. The fourth-order valence-electron chi connectivity index (χ4n) is 3.19. The fourth-order valence-corrected chi connectivity index (χ4v) is 4.18. The van der Waals surface area contributed by atoms with Gasteiger partial charge in [-0.25, -0.2) is 4.98 Å². The lowest BCUT2D eigenvalue weighted by atomic mass is 10.2. The first kappa shape index (κ1) is 19.8. The van der Waals surface area contributed by atoms with E-state index < -0.39 is 0 Å². The van der Waals surface area contributed by atoms with Crippen molar-refractivity contribution in [2.75, 3.05) is 5.32 Å². The Bertz CT molecular complexity index is 1310. The number of amides is 1. The maximum atomic E-state index is 12.8. The number of para-hydroxylation sites is 2. The number of hydrogen-bond acceptors (Lipinski definition) is 5. The van der Waals surface area contributed by atoms with E-state index in [1.165, 1.54) is 22.2 Å². The van der Waals surface area contributed by atoms with Crippen LogP contribution in [0.4, 0.5) is 5.69 Å². The van der Waals surface area contributed by atoms with Gasteiger partial charge in [-0.2, -0.15) is 0 Å². The Labute approximate surface area is 177 Å². The molecule has 0 saturated heterocycles. The summed E-state index contributed by atoms with van der Waals surface area (Å²) in [7, 11) is 0. The number of carbonyl (C=O) groups is 1. The number of benzene rings is 2. The highest BCUT2D eigenvalue weighted by Gasteiger charge is 2.15. The number of nitrogens with one attached hydrogen (secondary N) is 1. The number of rotatable bonds is 5. The second-order valence-electron chi connectivity index (χ2n) is 7.10. The third kappa shape index (κ3) is 3.97. The number of nitrogens with zero attached hydrogens (tertiary/aromatic N) is 2. The highest BCUT2D eigenvalue weighted by Crippen LogP contribution is 2.30. The van der Waals surface area contributed by atoms with E-state index in [1.54, 1.807) is 12.1 Å². The molecule has 6 nitrogen and oxygen atoms in total. The van der Waals surface area contributed by atoms with E-state index in [-0.39, 0.29) is 18.0 Å². The van der Waals surface area contributed by atoms with Crippen LogP contribution >= 0.6 is 11.3 Å². The van der Waals surface area contributed by atoms with Crippen molar-refractivity contribution >= 4 is 33.1 Å². The van der Waals surface area contributed by atoms with Gasteiger partial charge in [0.15, 0.2) is 5.75 Å². The monoisotopic (exact) mass is 419 g/mol. The second-order valence-corrected chi connectivity index (χ2v) is 8.31. The molecule has 0 unspecified atom stereocenters. The lowest BCUT2D eigenvalue weighted by Crippen LogP contribution is -2.28. The first-order chi connectivity index (χ1) is 14.4. The van der Waals surface area contributed by atoms with Gasteiger partial charge in [0.1, 0.15) is 17.1 Å². The van der Waals surface area contributed by atoms with E-state index >= 15 is 0 Å². The molecule has 0 saturated carbocycles. The average molecular weight is 420 g/mol. The van der Waals surface area contributed by atoms with Gasteiger partial charge in [0.25, 0.3) is 5.56 Å². The van der Waals surface area contributed by atoms with Gasteiger partial charge in [0.2, 0.25) is 5.91 Å². The molecule has 0 spiro atoms. The van der Waals surface area contributed by atoms with Crippen LogP contribution in [0, 0.1) is 20.8 Å². The summed E-state index contributed by atoms with van der Waals surface area (Å²) in [5.41, 5.74) is 2.32. The highest BCUT2D eigenvalue weighted by molar-refractivity contribution is 7.18. The molecule has 0 aliphatic carbocycles. The van der Waals surface area contributed by atoms with Gasteiger partial charge in [0, 0.05) is 4.88 Å². The van der Waals surface area contributed by atoms with E-state index in [9.17, 15) is 9.59 Å². The van der Waals surface area contributed by atoms with Crippen LogP contribution in [-0.4, -0.2) is 15.5 Å². The molecule has 152 valence electrons. The van der Waals surface area contributed by atoms with Crippen LogP contribution < -0.4 is 15.6 Å². The van der Waals surface area contributed by atoms with Gasteiger partial charge >= 0.3 is 0 Å². The van der Waals surface area contributed by atoms with Gasteiger partial charge in [-0.1, -0.05) is 24.3 Å². The average Bonchev–Trinajstić information content (AvgIpc) is 3.00. The lowest BCUT2D eigenvalue weighted by molar-refractivity contribution is -0.116. The molecule has 0 radical (unpaired) electrons. The maximum absolute atomic E-state index is 12.8. The number of aryl methyl sites for hydroxylation is 3. The van der Waals surface area contributed by atoms with Crippen molar-refractivity contribution in [2.24, 2.45) is 0 Å². The summed E-state index contributed by atoms with van der Waals surface area (Å²) < 4.78 is 7.28. The van der Waals surface area contributed by atoms with E-state index in [1.807, 2.05) is 57.2 Å². The molecule has 1 amide bonds. The predicted octanol–water partition coefficient (Wildman–Crippen LogP) is 4.81. The Morgan fingerprint density at radius 1 is 1.13 bits per heavy atom. The fraction of sp³-hybridized carbons (Fsp3) is 0.174. The molecule has 0 bridgehead atoms. The molecule has 30 heavy (non-hydrogen) atoms. The van der Waals surface area contributed by atoms with E-state index in [2.05, 4.69) is 10.3 Å². The first-order valence-electron chi connectivity index (χ1n) is 9.51. The minimum atomic E-state index is -0.330. The van der Waals surface area contributed by atoms with Gasteiger partial charge in [-0.3, -0.25) is 14.2 Å². The van der Waals surface area contributed by atoms with Crippen LogP contribution in [0.2, 0.25) is 0 Å². The molecule has 0 aliphatic heterocycles. The third-order valence-electron chi connectivity index (χ3n) is 4.85. The molecule has 4 rings (SSSR count). The molecule has 0 fully saturated rings. The number of aromatic nitrogens is 2. The van der Waals surface area contributed by atoms with E-state index in [4.69, 9.17) is 4.74 Å². The Kier molecular flexibility index (Phi) is 5.37. The second kappa shape index (κ2) is 8.12. The molecule has 0 atom stereocenters. The van der Waals surface area contributed by atoms with Gasteiger partial charge in [-0.15, -0.1) is 11.3 Å². The Hall–Kier alpha value is -3.45. The van der Waals surface area contributed by atoms with Crippen LogP contribution in [-0.2, 0) is 11.3 Å². The van der Waals surface area contributed by atoms with Gasteiger partial charge in [-0.05, 0) is 56.2 Å². The molecule has 0 aliphatic rings. The van der Waals surface area contributed by atoms with E-state index in [0.717, 1.165) is 16.0 Å². The zero-order valence-corrected chi connectivity index (χ0v) is 17.7. The van der Waals surface area contributed by atoms with Crippen molar-refractivity contribution in [3.05, 3.63) is 81.2 Å². The van der Waals surface area contributed by atoms with Crippen molar-refractivity contribution in [1.29, 1.82) is 0 Å². The number of anilines is 1. The topological polar surface area (TPSA) is 73.2 Å². The highest BCUT2D eigenvalue weighted by atomic mass is 32.1. The van der Waals surface area contributed by atoms with Crippen molar-refractivity contribution in [3.63, 3.8) is 0 Å². The van der Waals surface area contributed by atoms with E-state index in [0.29, 0.717) is 27.4 Å². The smallest absolute Gasteiger partial charge is 0.262 e. The molecular weight excluding hydrogens is 398 g/mol. The minimum absolute atomic E-state index is 0.130. The molecule has 2 aromatic heterocycles. The maximum Gasteiger partial charge on any atom is 0.262 e. The SMILES string of the molecule is Cc1cccc(Oc2ccccc2NC(=O)Cn2cnc3sc(C)c(C)c3c2=O)c1. The number of hydrogen-bond donors (Lipinski definition) is 1. The van der Waals surface area contributed by atoms with Gasteiger partial charge in [0.05, 0.1) is 17.4 Å². The van der Waals surface area contributed by atoms with Crippen LogP contribution in [0.15, 0.2) is 59.7 Å². The largest absolute Gasteiger partial charge is 0.455 e. The summed E-state index contributed by atoms with van der Waals surface area (Å²) in [5.74, 6) is 0.885. The standard InChI is InChI=1S/C23H21N3O3S/c1-14-7-6-8-17(11-14)29-19-10-5-4-9-18(19)25-20(27)12-26-13-24-22-21(23(26)28)15(2)16(3)30-22/h4-11,13H,12H2,1-3H3,(H,25,27). The Balaban J connectivity index is 1.55. The first-order valence-corrected chi connectivity index (χ1v) is 10.3. The van der Waals surface area contributed by atoms with Crippen LogP contribution in [0.3, 0.4) is 0 Å². The van der Waals surface area contributed by atoms with Crippen molar-refractivity contribution in [3.8, 4) is 11.5 Å². The summed E-state index contributed by atoms with van der Waals surface area (Å²) >= 11 is 1.49. The molecular formula is C23H21N3O3S. The quantitative estimate of drug-likeness (QED) is 0.504. The van der Waals surface area contributed by atoms with Gasteiger partial charge < -0.3 is 10.1 Å². The molecule has 4 aromatic rings. The van der Waals surface area contributed by atoms with Crippen LogP contribution in [0.5, 0.6) is 11.5 Å². The summed E-state index contributed by atoms with van der Waals surface area (Å²) in [4.78, 5) is 31.6. The number of fused-ring (bicyclic) bond motifs is 1. The van der Waals surface area contributed by atoms with Crippen molar-refractivity contribution < 1.29 is 9.53 Å². The molecule has 7 heteroatoms. The van der Waals surface area contributed by atoms with Crippen molar-refractivity contribution in [1.82, 2.24) is 9.55 Å². The van der Waals surface area contributed by atoms with Crippen molar-refractivity contribution in [2.45, 2.75) is 27.3 Å². The number of ether oxygens (including phenoxy) is 1. The number of carbonyl (C=O) groups excluding carboxylic acids is 1. The zero-order valence-electron chi connectivity index (χ0n) is 16.9. The molecule has 1 N–H and O–H groups in total.